The lowest BCUT2D eigenvalue weighted by molar-refractivity contribution is 0.693. The molecule has 17 heavy (non-hydrogen) atoms. The van der Waals surface area contributed by atoms with Crippen LogP contribution in [0.2, 0.25) is 0 Å². The second-order valence-corrected chi connectivity index (χ2v) is 4.96. The van der Waals surface area contributed by atoms with Crippen LogP contribution in [-0.4, -0.2) is 11.5 Å². The maximum absolute atomic E-state index is 5.87. The summed E-state index contributed by atoms with van der Waals surface area (Å²) < 4.78 is 1.10. The third kappa shape index (κ3) is 3.38. The predicted molar refractivity (Wildman–Crippen MR) is 73.9 cm³/mol. The zero-order chi connectivity index (χ0) is 12.1. The average molecular weight is 291 g/mol. The fourth-order valence-corrected chi connectivity index (χ4v) is 2.32. The Bertz CT molecular complexity index is 471. The monoisotopic (exact) mass is 290 g/mol. The van der Waals surface area contributed by atoms with Crippen molar-refractivity contribution in [1.82, 2.24) is 4.98 Å². The van der Waals surface area contributed by atoms with Gasteiger partial charge in [0.15, 0.2) is 0 Å². The molecule has 0 aliphatic carbocycles. The minimum Gasteiger partial charge on any atom is -0.330 e. The SMILES string of the molecule is NCC(Cc1ccncc1)c1cccc(Br)c1. The molecule has 88 valence electrons. The molecule has 1 atom stereocenters. The third-order valence-electron chi connectivity index (χ3n) is 2.84. The first-order valence-corrected chi connectivity index (χ1v) is 6.43. The van der Waals surface area contributed by atoms with Gasteiger partial charge in [-0.1, -0.05) is 28.1 Å². The molecule has 0 bridgehead atoms. The lowest BCUT2D eigenvalue weighted by atomic mass is 9.92. The zero-order valence-corrected chi connectivity index (χ0v) is 11.1. The topological polar surface area (TPSA) is 38.9 Å². The van der Waals surface area contributed by atoms with Gasteiger partial charge in [0.2, 0.25) is 0 Å². The summed E-state index contributed by atoms with van der Waals surface area (Å²) in [4.78, 5) is 4.03. The maximum Gasteiger partial charge on any atom is 0.0270 e. The first-order valence-electron chi connectivity index (χ1n) is 5.64. The normalized spacial score (nSPS) is 12.4. The first-order chi connectivity index (χ1) is 8.29. The van der Waals surface area contributed by atoms with E-state index in [1.807, 2.05) is 30.6 Å². The quantitative estimate of drug-likeness (QED) is 0.940. The van der Waals surface area contributed by atoms with E-state index in [1.54, 1.807) is 0 Å². The molecule has 0 aliphatic heterocycles. The molecule has 1 aromatic heterocycles. The van der Waals surface area contributed by atoms with Gasteiger partial charge in [-0.2, -0.15) is 0 Å². The Morgan fingerprint density at radius 2 is 1.94 bits per heavy atom. The fourth-order valence-electron chi connectivity index (χ4n) is 1.90. The van der Waals surface area contributed by atoms with Gasteiger partial charge in [0.05, 0.1) is 0 Å². The number of halogens is 1. The van der Waals surface area contributed by atoms with Gasteiger partial charge >= 0.3 is 0 Å². The van der Waals surface area contributed by atoms with Crippen molar-refractivity contribution in [3.05, 3.63) is 64.4 Å². The Balaban J connectivity index is 2.17. The van der Waals surface area contributed by atoms with Crippen LogP contribution in [0.4, 0.5) is 0 Å². The number of aromatic nitrogens is 1. The standard InChI is InChI=1S/C14H15BrN2/c15-14-3-1-2-12(9-14)13(10-16)8-11-4-6-17-7-5-11/h1-7,9,13H,8,10,16H2. The summed E-state index contributed by atoms with van der Waals surface area (Å²) in [5.74, 6) is 0.356. The second kappa shape index (κ2) is 5.94. The minimum absolute atomic E-state index is 0.356. The number of nitrogens with zero attached hydrogens (tertiary/aromatic N) is 1. The Labute approximate surface area is 110 Å². The van der Waals surface area contributed by atoms with E-state index in [4.69, 9.17) is 5.73 Å². The van der Waals surface area contributed by atoms with Gasteiger partial charge in [-0.15, -0.1) is 0 Å². The van der Waals surface area contributed by atoms with Crippen molar-refractivity contribution in [2.24, 2.45) is 5.73 Å². The fraction of sp³-hybridized carbons (Fsp3) is 0.214. The lowest BCUT2D eigenvalue weighted by Crippen LogP contribution is -2.15. The van der Waals surface area contributed by atoms with Gasteiger partial charge < -0.3 is 5.73 Å². The molecule has 2 N–H and O–H groups in total. The maximum atomic E-state index is 5.87. The molecule has 0 saturated carbocycles. The van der Waals surface area contributed by atoms with Crippen LogP contribution in [0.1, 0.15) is 17.0 Å². The number of pyridine rings is 1. The van der Waals surface area contributed by atoms with E-state index in [0.717, 1.165) is 10.9 Å². The van der Waals surface area contributed by atoms with E-state index in [1.165, 1.54) is 11.1 Å². The Morgan fingerprint density at radius 1 is 1.18 bits per heavy atom. The van der Waals surface area contributed by atoms with Gasteiger partial charge in [-0.05, 0) is 48.4 Å². The summed E-state index contributed by atoms with van der Waals surface area (Å²) in [7, 11) is 0. The molecule has 0 spiro atoms. The molecule has 1 unspecified atom stereocenters. The highest BCUT2D eigenvalue weighted by atomic mass is 79.9. The number of nitrogens with two attached hydrogens (primary N) is 1. The van der Waals surface area contributed by atoms with Gasteiger partial charge in [-0.25, -0.2) is 0 Å². The van der Waals surface area contributed by atoms with Crippen LogP contribution >= 0.6 is 15.9 Å². The van der Waals surface area contributed by atoms with Crippen molar-refractivity contribution in [2.45, 2.75) is 12.3 Å². The van der Waals surface area contributed by atoms with Gasteiger partial charge in [0.25, 0.3) is 0 Å². The molecule has 0 saturated heterocycles. The highest BCUT2D eigenvalue weighted by Crippen LogP contribution is 2.22. The molecule has 2 aromatic rings. The van der Waals surface area contributed by atoms with Crippen molar-refractivity contribution in [3.8, 4) is 0 Å². The van der Waals surface area contributed by atoms with Crippen molar-refractivity contribution >= 4 is 15.9 Å². The van der Waals surface area contributed by atoms with Crippen LogP contribution in [0.3, 0.4) is 0 Å². The Morgan fingerprint density at radius 3 is 2.59 bits per heavy atom. The molecule has 0 amide bonds. The van der Waals surface area contributed by atoms with Gasteiger partial charge in [0.1, 0.15) is 0 Å². The molecule has 0 aliphatic rings. The molecule has 1 heterocycles. The Hall–Kier alpha value is -1.19. The number of hydrogen-bond acceptors (Lipinski definition) is 2. The summed E-state index contributed by atoms with van der Waals surface area (Å²) in [6.07, 6.45) is 4.60. The molecule has 0 radical (unpaired) electrons. The number of rotatable bonds is 4. The highest BCUT2D eigenvalue weighted by molar-refractivity contribution is 9.10. The summed E-state index contributed by atoms with van der Waals surface area (Å²) in [5, 5.41) is 0. The summed E-state index contributed by atoms with van der Waals surface area (Å²) in [5.41, 5.74) is 8.42. The van der Waals surface area contributed by atoms with Gasteiger partial charge in [0, 0.05) is 22.8 Å². The van der Waals surface area contributed by atoms with Gasteiger partial charge in [-0.3, -0.25) is 4.98 Å². The molecular formula is C14H15BrN2. The number of benzene rings is 1. The second-order valence-electron chi connectivity index (χ2n) is 4.05. The smallest absolute Gasteiger partial charge is 0.0270 e. The Kier molecular flexibility index (Phi) is 4.29. The van der Waals surface area contributed by atoms with Crippen LogP contribution in [-0.2, 0) is 6.42 Å². The third-order valence-corrected chi connectivity index (χ3v) is 3.33. The summed E-state index contributed by atoms with van der Waals surface area (Å²) >= 11 is 3.49. The minimum atomic E-state index is 0.356. The largest absolute Gasteiger partial charge is 0.330 e. The van der Waals surface area contributed by atoms with Crippen molar-refractivity contribution < 1.29 is 0 Å². The van der Waals surface area contributed by atoms with E-state index in [0.29, 0.717) is 12.5 Å². The van der Waals surface area contributed by atoms with Crippen LogP contribution < -0.4 is 5.73 Å². The number of hydrogen-bond donors (Lipinski definition) is 1. The van der Waals surface area contributed by atoms with Crippen LogP contribution in [0.5, 0.6) is 0 Å². The molecule has 2 nitrogen and oxygen atoms in total. The van der Waals surface area contributed by atoms with Crippen molar-refractivity contribution in [1.29, 1.82) is 0 Å². The lowest BCUT2D eigenvalue weighted by Gasteiger charge is -2.15. The van der Waals surface area contributed by atoms with Crippen LogP contribution in [0, 0.1) is 0 Å². The molecule has 2 rings (SSSR count). The summed E-state index contributed by atoms with van der Waals surface area (Å²) in [6.45, 7) is 0.652. The highest BCUT2D eigenvalue weighted by Gasteiger charge is 2.10. The molecular weight excluding hydrogens is 276 g/mol. The summed E-state index contributed by atoms with van der Waals surface area (Å²) in [6, 6.07) is 12.4. The predicted octanol–water partition coefficient (Wildman–Crippen LogP) is 3.13. The average Bonchev–Trinajstić information content (AvgIpc) is 2.37. The van der Waals surface area contributed by atoms with E-state index in [9.17, 15) is 0 Å². The first kappa shape index (κ1) is 12.3. The van der Waals surface area contributed by atoms with Crippen LogP contribution in [0.15, 0.2) is 53.3 Å². The zero-order valence-electron chi connectivity index (χ0n) is 9.51. The van der Waals surface area contributed by atoms with Crippen molar-refractivity contribution in [2.75, 3.05) is 6.54 Å². The molecule has 3 heteroatoms. The molecule has 0 fully saturated rings. The van der Waals surface area contributed by atoms with Crippen LogP contribution in [0.25, 0.3) is 0 Å². The van der Waals surface area contributed by atoms with E-state index in [2.05, 4.69) is 39.1 Å². The molecule has 1 aromatic carbocycles. The van der Waals surface area contributed by atoms with E-state index >= 15 is 0 Å². The van der Waals surface area contributed by atoms with E-state index in [-0.39, 0.29) is 0 Å². The van der Waals surface area contributed by atoms with E-state index < -0.39 is 0 Å². The van der Waals surface area contributed by atoms with Crippen molar-refractivity contribution in [3.63, 3.8) is 0 Å².